The average molecular weight is 415 g/mol. The molecule has 1 aliphatic heterocycles. The van der Waals surface area contributed by atoms with E-state index in [-0.39, 0.29) is 5.91 Å². The van der Waals surface area contributed by atoms with Crippen LogP contribution in [0.5, 0.6) is 5.75 Å². The number of amides is 1. The molecule has 0 aliphatic carbocycles. The first kappa shape index (κ1) is 18.7. The number of aromatic nitrogens is 2. The number of halogens is 1. The zero-order valence-electron chi connectivity index (χ0n) is 15.1. The van der Waals surface area contributed by atoms with E-state index < -0.39 is 0 Å². The quantitative estimate of drug-likeness (QED) is 0.636. The lowest BCUT2D eigenvalue weighted by molar-refractivity contribution is 0.0746. The molecule has 1 aromatic carbocycles. The van der Waals surface area contributed by atoms with Crippen LogP contribution in [0, 0.1) is 0 Å². The maximum absolute atomic E-state index is 12.9. The fourth-order valence-corrected chi connectivity index (χ4v) is 3.72. The minimum atomic E-state index is 0.0165. The van der Waals surface area contributed by atoms with Gasteiger partial charge in [0.2, 0.25) is 0 Å². The van der Waals surface area contributed by atoms with Gasteiger partial charge in [-0.3, -0.25) is 4.79 Å². The van der Waals surface area contributed by atoms with Crippen molar-refractivity contribution in [2.75, 3.05) is 31.1 Å². The molecule has 4 rings (SSSR count). The first-order valence-electron chi connectivity index (χ1n) is 8.95. The molecule has 0 unspecified atom stereocenters. The predicted octanol–water partition coefficient (Wildman–Crippen LogP) is 3.73. The van der Waals surface area contributed by atoms with E-state index in [1.807, 2.05) is 40.6 Å². The van der Waals surface area contributed by atoms with Crippen LogP contribution in [0.25, 0.3) is 0 Å². The number of anilines is 1. The van der Waals surface area contributed by atoms with Crippen molar-refractivity contribution in [1.29, 1.82) is 0 Å². The minimum absolute atomic E-state index is 0.0165. The molecule has 1 fully saturated rings. The summed E-state index contributed by atoms with van der Waals surface area (Å²) in [6.07, 6.45) is 1.64. The molecule has 0 spiro atoms. The summed E-state index contributed by atoms with van der Waals surface area (Å²) in [6.45, 7) is 3.16. The van der Waals surface area contributed by atoms with Crippen LogP contribution in [-0.4, -0.2) is 47.0 Å². The average Bonchev–Trinajstić information content (AvgIpc) is 3.26. The van der Waals surface area contributed by atoms with Gasteiger partial charge in [-0.2, -0.15) is 0 Å². The summed E-state index contributed by atoms with van der Waals surface area (Å²) in [6, 6.07) is 11.1. The third-order valence-corrected chi connectivity index (χ3v) is 5.41. The highest BCUT2D eigenvalue weighted by atomic mass is 35.5. The van der Waals surface area contributed by atoms with E-state index in [0.29, 0.717) is 36.0 Å². The standard InChI is InChI=1S/C20H19ClN4O2S/c21-16-4-5-19(22-11-16)24-6-8-25(9-7-24)20(26)15-2-1-3-18(10-15)27-12-17-13-28-14-23-17/h1-5,10-11,13-14H,6-9,12H2. The number of carbonyl (C=O) groups is 1. The molecule has 144 valence electrons. The number of thiazole rings is 1. The summed E-state index contributed by atoms with van der Waals surface area (Å²) in [5.41, 5.74) is 3.29. The molecule has 2 aromatic heterocycles. The number of benzene rings is 1. The Morgan fingerprint density at radius 2 is 2.00 bits per heavy atom. The van der Waals surface area contributed by atoms with Crippen LogP contribution >= 0.6 is 22.9 Å². The molecule has 0 atom stereocenters. The fraction of sp³-hybridized carbons (Fsp3) is 0.250. The summed E-state index contributed by atoms with van der Waals surface area (Å²) < 4.78 is 5.76. The number of carbonyl (C=O) groups excluding carboxylic acids is 1. The number of rotatable bonds is 5. The number of nitrogens with zero attached hydrogens (tertiary/aromatic N) is 4. The molecule has 0 bridgehead atoms. The highest BCUT2D eigenvalue weighted by Gasteiger charge is 2.23. The highest BCUT2D eigenvalue weighted by molar-refractivity contribution is 7.07. The molecular formula is C20H19ClN4O2S. The topological polar surface area (TPSA) is 58.6 Å². The molecule has 3 heterocycles. The van der Waals surface area contributed by atoms with E-state index in [2.05, 4.69) is 14.9 Å². The Hall–Kier alpha value is -2.64. The lowest BCUT2D eigenvalue weighted by Crippen LogP contribution is -2.49. The van der Waals surface area contributed by atoms with Crippen LogP contribution in [0.4, 0.5) is 5.82 Å². The van der Waals surface area contributed by atoms with Crippen LogP contribution in [0.2, 0.25) is 5.02 Å². The van der Waals surface area contributed by atoms with E-state index in [0.717, 1.165) is 24.6 Å². The van der Waals surface area contributed by atoms with Crippen molar-refractivity contribution in [2.24, 2.45) is 0 Å². The zero-order valence-corrected chi connectivity index (χ0v) is 16.7. The summed E-state index contributed by atoms with van der Waals surface area (Å²) in [5, 5.41) is 2.57. The Morgan fingerprint density at radius 1 is 1.14 bits per heavy atom. The second-order valence-corrected chi connectivity index (χ2v) is 7.57. The van der Waals surface area contributed by atoms with Crippen molar-refractivity contribution < 1.29 is 9.53 Å². The van der Waals surface area contributed by atoms with Crippen molar-refractivity contribution in [1.82, 2.24) is 14.9 Å². The smallest absolute Gasteiger partial charge is 0.254 e. The number of piperazine rings is 1. The van der Waals surface area contributed by atoms with Gasteiger partial charge in [0.25, 0.3) is 5.91 Å². The Kier molecular flexibility index (Phi) is 5.73. The second-order valence-electron chi connectivity index (χ2n) is 6.41. The Labute approximate surface area is 172 Å². The number of pyridine rings is 1. The Bertz CT molecular complexity index is 926. The van der Waals surface area contributed by atoms with Crippen molar-refractivity contribution in [3.05, 3.63) is 69.8 Å². The largest absolute Gasteiger partial charge is 0.487 e. The summed E-state index contributed by atoms with van der Waals surface area (Å²) in [7, 11) is 0. The molecule has 6 nitrogen and oxygen atoms in total. The van der Waals surface area contributed by atoms with Crippen molar-refractivity contribution in [3.63, 3.8) is 0 Å². The third kappa shape index (κ3) is 4.43. The van der Waals surface area contributed by atoms with E-state index in [9.17, 15) is 4.79 Å². The van der Waals surface area contributed by atoms with Gasteiger partial charge < -0.3 is 14.5 Å². The highest BCUT2D eigenvalue weighted by Crippen LogP contribution is 2.19. The van der Waals surface area contributed by atoms with Gasteiger partial charge in [0.05, 0.1) is 16.2 Å². The van der Waals surface area contributed by atoms with Crippen LogP contribution in [-0.2, 0) is 6.61 Å². The number of ether oxygens (including phenoxy) is 1. The van der Waals surface area contributed by atoms with Crippen LogP contribution in [0.1, 0.15) is 16.1 Å². The fourth-order valence-electron chi connectivity index (χ4n) is 3.06. The zero-order chi connectivity index (χ0) is 19.3. The molecular weight excluding hydrogens is 396 g/mol. The molecule has 28 heavy (non-hydrogen) atoms. The molecule has 3 aromatic rings. The maximum atomic E-state index is 12.9. The molecule has 0 saturated carbocycles. The van der Waals surface area contributed by atoms with Gasteiger partial charge >= 0.3 is 0 Å². The first-order valence-corrected chi connectivity index (χ1v) is 10.3. The van der Waals surface area contributed by atoms with E-state index in [4.69, 9.17) is 16.3 Å². The monoisotopic (exact) mass is 414 g/mol. The first-order chi connectivity index (χ1) is 13.7. The SMILES string of the molecule is O=C(c1cccc(OCc2cscn2)c1)N1CCN(c2ccc(Cl)cn2)CC1. The van der Waals surface area contributed by atoms with Crippen LogP contribution in [0.15, 0.2) is 53.5 Å². The van der Waals surface area contributed by atoms with E-state index in [1.54, 1.807) is 17.8 Å². The van der Waals surface area contributed by atoms with Crippen molar-refractivity contribution in [2.45, 2.75) is 6.61 Å². The third-order valence-electron chi connectivity index (χ3n) is 4.55. The predicted molar refractivity (Wildman–Crippen MR) is 110 cm³/mol. The lowest BCUT2D eigenvalue weighted by Gasteiger charge is -2.35. The lowest BCUT2D eigenvalue weighted by atomic mass is 10.1. The Morgan fingerprint density at radius 3 is 2.71 bits per heavy atom. The Balaban J connectivity index is 1.35. The van der Waals surface area contributed by atoms with Gasteiger partial charge in [-0.15, -0.1) is 11.3 Å². The second kappa shape index (κ2) is 8.58. The van der Waals surface area contributed by atoms with Gasteiger partial charge in [0, 0.05) is 43.3 Å². The van der Waals surface area contributed by atoms with Crippen molar-refractivity contribution in [3.8, 4) is 5.75 Å². The van der Waals surface area contributed by atoms with Crippen molar-refractivity contribution >= 4 is 34.7 Å². The molecule has 8 heteroatoms. The summed E-state index contributed by atoms with van der Waals surface area (Å²) in [5.74, 6) is 1.57. The number of hydrogen-bond acceptors (Lipinski definition) is 6. The molecule has 0 radical (unpaired) electrons. The van der Waals surface area contributed by atoms with Gasteiger partial charge in [-0.1, -0.05) is 17.7 Å². The van der Waals surface area contributed by atoms with Gasteiger partial charge in [0.1, 0.15) is 18.2 Å². The molecule has 1 amide bonds. The normalized spacial score (nSPS) is 14.2. The number of hydrogen-bond donors (Lipinski definition) is 0. The summed E-state index contributed by atoms with van der Waals surface area (Å²) >= 11 is 7.43. The van der Waals surface area contributed by atoms with Gasteiger partial charge in [0.15, 0.2) is 0 Å². The molecule has 0 N–H and O–H groups in total. The van der Waals surface area contributed by atoms with Crippen LogP contribution in [0.3, 0.4) is 0 Å². The van der Waals surface area contributed by atoms with E-state index in [1.165, 1.54) is 11.3 Å². The minimum Gasteiger partial charge on any atom is -0.487 e. The van der Waals surface area contributed by atoms with Crippen LogP contribution < -0.4 is 9.64 Å². The molecule has 1 aliphatic rings. The summed E-state index contributed by atoms with van der Waals surface area (Å²) in [4.78, 5) is 25.5. The molecule has 1 saturated heterocycles. The van der Waals surface area contributed by atoms with E-state index >= 15 is 0 Å². The van der Waals surface area contributed by atoms with Gasteiger partial charge in [-0.05, 0) is 30.3 Å². The van der Waals surface area contributed by atoms with Gasteiger partial charge in [-0.25, -0.2) is 9.97 Å². The maximum Gasteiger partial charge on any atom is 0.254 e.